The molecule has 4 aromatic rings. The third kappa shape index (κ3) is 4.38. The zero-order chi connectivity index (χ0) is 20.1. The highest BCUT2D eigenvalue weighted by Gasteiger charge is 2.11. The molecule has 144 valence electrons. The van der Waals surface area contributed by atoms with Crippen molar-refractivity contribution in [3.63, 3.8) is 0 Å². The molecule has 0 aliphatic rings. The molecule has 0 radical (unpaired) electrons. The minimum Gasteiger partial charge on any atom is -0.349 e. The predicted molar refractivity (Wildman–Crippen MR) is 110 cm³/mol. The normalized spacial score (nSPS) is 10.8. The van der Waals surface area contributed by atoms with Gasteiger partial charge in [-0.25, -0.2) is 0 Å². The summed E-state index contributed by atoms with van der Waals surface area (Å²) in [4.78, 5) is 24.5. The summed E-state index contributed by atoms with van der Waals surface area (Å²) in [6.45, 7) is 0.268. The van der Waals surface area contributed by atoms with Crippen LogP contribution < -0.4 is 5.32 Å². The highest BCUT2D eigenvalue weighted by atomic mass is 16.2. The molecule has 2 aromatic heterocycles. The van der Waals surface area contributed by atoms with Crippen molar-refractivity contribution in [3.05, 3.63) is 90.4 Å². The van der Waals surface area contributed by atoms with Crippen molar-refractivity contribution < 1.29 is 9.59 Å². The summed E-state index contributed by atoms with van der Waals surface area (Å²) in [6, 6.07) is 23.1. The molecule has 6 nitrogen and oxygen atoms in total. The van der Waals surface area contributed by atoms with E-state index in [1.54, 1.807) is 0 Å². The molecule has 1 amide bonds. The number of nitrogens with zero attached hydrogens (tertiary/aromatic N) is 3. The number of pyridine rings is 1. The SMILES string of the molecule is O=C(CCC(=O)c1ccc(-c2ccccc2)cc1)NCc1nnc2ccccn12. The van der Waals surface area contributed by atoms with E-state index < -0.39 is 0 Å². The van der Waals surface area contributed by atoms with Gasteiger partial charge in [0.1, 0.15) is 0 Å². The Balaban J connectivity index is 1.29. The van der Waals surface area contributed by atoms with Gasteiger partial charge in [-0.15, -0.1) is 10.2 Å². The Labute approximate surface area is 168 Å². The lowest BCUT2D eigenvalue weighted by Gasteiger charge is -2.06. The second-order valence-corrected chi connectivity index (χ2v) is 6.69. The molecule has 4 rings (SSSR count). The van der Waals surface area contributed by atoms with E-state index in [2.05, 4.69) is 15.5 Å². The quantitative estimate of drug-likeness (QED) is 0.493. The first-order valence-corrected chi connectivity index (χ1v) is 9.45. The predicted octanol–water partition coefficient (Wildman–Crippen LogP) is 3.68. The Bertz CT molecular complexity index is 1130. The lowest BCUT2D eigenvalue weighted by molar-refractivity contribution is -0.121. The van der Waals surface area contributed by atoms with Crippen LogP contribution in [0.2, 0.25) is 0 Å². The third-order valence-electron chi connectivity index (χ3n) is 4.72. The number of hydrogen-bond donors (Lipinski definition) is 1. The van der Waals surface area contributed by atoms with Gasteiger partial charge in [-0.3, -0.25) is 14.0 Å². The number of carbonyl (C=O) groups excluding carboxylic acids is 2. The summed E-state index contributed by atoms with van der Waals surface area (Å²) in [5, 5.41) is 10.9. The number of fused-ring (bicyclic) bond motifs is 1. The van der Waals surface area contributed by atoms with Gasteiger partial charge < -0.3 is 5.32 Å². The van der Waals surface area contributed by atoms with Crippen LogP contribution in [-0.4, -0.2) is 26.3 Å². The van der Waals surface area contributed by atoms with Gasteiger partial charge in [0, 0.05) is 24.6 Å². The van der Waals surface area contributed by atoms with Gasteiger partial charge in [-0.1, -0.05) is 60.7 Å². The number of Topliss-reactive ketones (excluding diaryl/α,β-unsaturated/α-hetero) is 1. The van der Waals surface area contributed by atoms with E-state index >= 15 is 0 Å². The topological polar surface area (TPSA) is 76.4 Å². The van der Waals surface area contributed by atoms with E-state index in [1.165, 1.54) is 0 Å². The summed E-state index contributed by atoms with van der Waals surface area (Å²) < 4.78 is 1.82. The van der Waals surface area contributed by atoms with Crippen LogP contribution in [0.25, 0.3) is 16.8 Å². The fourth-order valence-electron chi connectivity index (χ4n) is 3.13. The molecule has 0 spiro atoms. The van der Waals surface area contributed by atoms with Crippen molar-refractivity contribution in [1.29, 1.82) is 0 Å². The van der Waals surface area contributed by atoms with Crippen molar-refractivity contribution >= 4 is 17.3 Å². The number of carbonyl (C=O) groups is 2. The van der Waals surface area contributed by atoms with E-state index in [-0.39, 0.29) is 31.1 Å². The number of hydrogen-bond acceptors (Lipinski definition) is 4. The summed E-state index contributed by atoms with van der Waals surface area (Å²) in [6.07, 6.45) is 2.15. The molecular formula is C23H20N4O2. The number of ketones is 1. The van der Waals surface area contributed by atoms with Crippen LogP contribution in [-0.2, 0) is 11.3 Å². The molecule has 0 aliphatic carbocycles. The Kier molecular flexibility index (Phi) is 5.42. The largest absolute Gasteiger partial charge is 0.349 e. The smallest absolute Gasteiger partial charge is 0.220 e. The molecule has 0 unspecified atom stereocenters. The van der Waals surface area contributed by atoms with E-state index in [0.717, 1.165) is 16.8 Å². The maximum Gasteiger partial charge on any atom is 0.220 e. The van der Waals surface area contributed by atoms with Gasteiger partial charge in [0.25, 0.3) is 0 Å². The molecule has 0 bridgehead atoms. The van der Waals surface area contributed by atoms with Crippen molar-refractivity contribution in [2.45, 2.75) is 19.4 Å². The summed E-state index contributed by atoms with van der Waals surface area (Å²) in [5.74, 6) is 0.413. The van der Waals surface area contributed by atoms with Crippen LogP contribution in [0.5, 0.6) is 0 Å². The minimum atomic E-state index is -0.188. The molecule has 2 aromatic carbocycles. The van der Waals surface area contributed by atoms with E-state index in [1.807, 2.05) is 83.4 Å². The second kappa shape index (κ2) is 8.48. The lowest BCUT2D eigenvalue weighted by atomic mass is 10.0. The van der Waals surface area contributed by atoms with E-state index in [4.69, 9.17) is 0 Å². The molecule has 0 aliphatic heterocycles. The molecule has 6 heteroatoms. The number of aromatic nitrogens is 3. The highest BCUT2D eigenvalue weighted by molar-refractivity contribution is 5.98. The summed E-state index contributed by atoms with van der Waals surface area (Å²) >= 11 is 0. The van der Waals surface area contributed by atoms with Crippen LogP contribution in [0.1, 0.15) is 29.0 Å². The fraction of sp³-hybridized carbons (Fsp3) is 0.130. The Morgan fingerprint density at radius 3 is 2.31 bits per heavy atom. The molecule has 29 heavy (non-hydrogen) atoms. The monoisotopic (exact) mass is 384 g/mol. The van der Waals surface area contributed by atoms with Gasteiger partial charge in [0.2, 0.25) is 5.91 Å². The zero-order valence-electron chi connectivity index (χ0n) is 15.8. The number of nitrogens with one attached hydrogen (secondary N) is 1. The van der Waals surface area contributed by atoms with Crippen LogP contribution in [0.3, 0.4) is 0 Å². The average molecular weight is 384 g/mol. The molecule has 0 saturated carbocycles. The minimum absolute atomic E-state index is 0.0484. The Morgan fingerprint density at radius 1 is 0.793 bits per heavy atom. The van der Waals surface area contributed by atoms with Crippen molar-refractivity contribution in [1.82, 2.24) is 19.9 Å². The Morgan fingerprint density at radius 2 is 1.52 bits per heavy atom. The first-order valence-electron chi connectivity index (χ1n) is 9.45. The average Bonchev–Trinajstić information content (AvgIpc) is 3.20. The highest BCUT2D eigenvalue weighted by Crippen LogP contribution is 2.20. The van der Waals surface area contributed by atoms with E-state index in [9.17, 15) is 9.59 Å². The third-order valence-corrected chi connectivity index (χ3v) is 4.72. The second-order valence-electron chi connectivity index (χ2n) is 6.69. The molecule has 0 saturated heterocycles. The molecule has 0 atom stereocenters. The Hall–Kier alpha value is -3.80. The van der Waals surface area contributed by atoms with Gasteiger partial charge >= 0.3 is 0 Å². The first-order chi connectivity index (χ1) is 14.2. The van der Waals surface area contributed by atoms with Gasteiger partial charge in [0.05, 0.1) is 6.54 Å². The van der Waals surface area contributed by atoms with Crippen LogP contribution >= 0.6 is 0 Å². The molecule has 2 heterocycles. The fourth-order valence-corrected chi connectivity index (χ4v) is 3.13. The maximum absolute atomic E-state index is 12.4. The van der Waals surface area contributed by atoms with Crippen LogP contribution in [0, 0.1) is 0 Å². The van der Waals surface area contributed by atoms with Gasteiger partial charge in [-0.2, -0.15) is 0 Å². The zero-order valence-corrected chi connectivity index (χ0v) is 15.8. The number of rotatable bonds is 7. The number of amides is 1. The number of benzene rings is 2. The molecule has 1 N–H and O–H groups in total. The standard InChI is InChI=1S/C23H20N4O2/c28-20(19-11-9-18(10-12-19)17-6-2-1-3-7-17)13-14-23(29)24-16-22-26-25-21-8-4-5-15-27(21)22/h1-12,15H,13-14,16H2,(H,24,29). The van der Waals surface area contributed by atoms with Gasteiger partial charge in [0.15, 0.2) is 17.3 Å². The van der Waals surface area contributed by atoms with E-state index in [0.29, 0.717) is 11.4 Å². The van der Waals surface area contributed by atoms with Crippen molar-refractivity contribution in [3.8, 4) is 11.1 Å². The summed E-state index contributed by atoms with van der Waals surface area (Å²) in [7, 11) is 0. The first kappa shape index (κ1) is 18.6. The molecular weight excluding hydrogens is 364 g/mol. The molecule has 0 fully saturated rings. The van der Waals surface area contributed by atoms with Crippen molar-refractivity contribution in [2.75, 3.05) is 0 Å². The van der Waals surface area contributed by atoms with Crippen molar-refractivity contribution in [2.24, 2.45) is 0 Å². The maximum atomic E-state index is 12.4. The van der Waals surface area contributed by atoms with Crippen LogP contribution in [0.15, 0.2) is 79.0 Å². The van der Waals surface area contributed by atoms with Crippen LogP contribution in [0.4, 0.5) is 0 Å². The van der Waals surface area contributed by atoms with Gasteiger partial charge in [-0.05, 0) is 23.3 Å². The summed E-state index contributed by atoms with van der Waals surface area (Å²) in [5.41, 5.74) is 3.50. The lowest BCUT2D eigenvalue weighted by Crippen LogP contribution is -2.24.